The van der Waals surface area contributed by atoms with Gasteiger partial charge in [-0.3, -0.25) is 23.5 Å². The van der Waals surface area contributed by atoms with Gasteiger partial charge in [0, 0.05) is 16.7 Å². The molecule has 1 aliphatic rings. The number of carbonyl (C=O) groups is 3. The van der Waals surface area contributed by atoms with Crippen LogP contribution < -0.4 is 11.2 Å². The molecule has 4 aromatic rings. The number of nitrogens with one attached hydrogen (secondary N) is 1. The van der Waals surface area contributed by atoms with E-state index in [1.165, 1.54) is 48.5 Å². The Morgan fingerprint density at radius 2 is 1.35 bits per heavy atom. The van der Waals surface area contributed by atoms with Crippen molar-refractivity contribution in [2.75, 3.05) is 5.32 Å². The van der Waals surface area contributed by atoms with E-state index >= 15 is 0 Å². The Kier molecular flexibility index (Phi) is 8.34. The molecule has 0 spiro atoms. The number of nitrogens with two attached hydrogens (primary N) is 1. The van der Waals surface area contributed by atoms with Crippen LogP contribution in [0.5, 0.6) is 0 Å². The molecule has 46 heavy (non-hydrogen) atoms. The van der Waals surface area contributed by atoms with Crippen molar-refractivity contribution in [2.45, 2.75) is 14.7 Å². The fourth-order valence-electron chi connectivity index (χ4n) is 4.93. The lowest BCUT2D eigenvalue weighted by Crippen LogP contribution is -2.20. The van der Waals surface area contributed by atoms with Crippen LogP contribution in [0.1, 0.15) is 37.4 Å². The molecule has 0 atom stereocenters. The van der Waals surface area contributed by atoms with Gasteiger partial charge in [0.2, 0.25) is 0 Å². The van der Waals surface area contributed by atoms with Crippen molar-refractivity contribution in [3.8, 4) is 0 Å². The third kappa shape index (κ3) is 5.90. The lowest BCUT2D eigenvalue weighted by Gasteiger charge is -2.25. The Bertz CT molecular complexity index is 2350. The largest absolute Gasteiger partial charge is 0.354 e. The summed E-state index contributed by atoms with van der Waals surface area (Å²) >= 11 is 0. The number of rotatable bonds is 9. The summed E-state index contributed by atoms with van der Waals surface area (Å²) in [6.07, 6.45) is 0.242. The Labute approximate surface area is 261 Å². The second-order valence-electron chi connectivity index (χ2n) is 9.65. The second-order valence-corrected chi connectivity index (χ2v) is 14.0. The van der Waals surface area contributed by atoms with Crippen LogP contribution in [0.25, 0.3) is 5.57 Å². The van der Waals surface area contributed by atoms with Gasteiger partial charge in [-0.2, -0.15) is 35.4 Å². The van der Waals surface area contributed by atoms with Gasteiger partial charge in [0.15, 0.2) is 17.9 Å². The van der Waals surface area contributed by atoms with E-state index in [4.69, 9.17) is 5.90 Å². The lowest BCUT2D eigenvalue weighted by atomic mass is 9.77. The molecule has 4 aromatic carbocycles. The van der Waals surface area contributed by atoms with Crippen LogP contribution in [0.3, 0.4) is 0 Å². The van der Waals surface area contributed by atoms with Crippen molar-refractivity contribution in [1.29, 1.82) is 0 Å². The molecule has 0 heterocycles. The van der Waals surface area contributed by atoms with E-state index in [-0.39, 0.29) is 51.1 Å². The summed E-state index contributed by atoms with van der Waals surface area (Å²) in [4.78, 5) is 38.0. The maximum atomic E-state index is 13.9. The van der Waals surface area contributed by atoms with Gasteiger partial charge in [-0.1, -0.05) is 48.5 Å². The molecular formula is C29H20N2O12S3. The summed E-state index contributed by atoms with van der Waals surface area (Å²) in [5, 5.41) is 2.74. The molecule has 5 N–H and O–H groups in total. The number of allylic oxidation sites excluding steroid dienone is 1. The van der Waals surface area contributed by atoms with Gasteiger partial charge in [-0.25, -0.2) is 0 Å². The molecule has 14 nitrogen and oxygen atoms in total. The summed E-state index contributed by atoms with van der Waals surface area (Å²) in [6.45, 7) is 0. The average molecular weight is 685 g/mol. The number of benzene rings is 4. The highest BCUT2D eigenvalue weighted by molar-refractivity contribution is 7.87. The first-order valence-corrected chi connectivity index (χ1v) is 17.0. The minimum Gasteiger partial charge on any atom is -0.354 e. The number of hydrogen-bond acceptors (Lipinski definition) is 12. The zero-order valence-corrected chi connectivity index (χ0v) is 25.4. The zero-order chi connectivity index (χ0) is 33.6. The third-order valence-electron chi connectivity index (χ3n) is 6.94. The Morgan fingerprint density at radius 3 is 1.98 bits per heavy atom. The lowest BCUT2D eigenvalue weighted by molar-refractivity contribution is -0.104. The van der Waals surface area contributed by atoms with Gasteiger partial charge < -0.3 is 5.32 Å². The monoisotopic (exact) mass is 684 g/mol. The number of Topliss-reactive ketones (excluding diaryl/α,β-unsaturated/α-hetero) is 1. The molecule has 0 saturated carbocycles. The van der Waals surface area contributed by atoms with Gasteiger partial charge in [-0.05, 0) is 47.5 Å². The smallest absolute Gasteiger partial charge is 0.314 e. The van der Waals surface area contributed by atoms with Crippen molar-refractivity contribution < 1.29 is 53.0 Å². The maximum absolute atomic E-state index is 13.9. The molecule has 17 heteroatoms. The Morgan fingerprint density at radius 1 is 0.739 bits per heavy atom. The van der Waals surface area contributed by atoms with Gasteiger partial charge in [-0.15, -0.1) is 0 Å². The average Bonchev–Trinajstić information content (AvgIpc) is 3.02. The normalized spacial score (nSPS) is 14.2. The summed E-state index contributed by atoms with van der Waals surface area (Å²) < 4.78 is 95.0. The topological polar surface area (TPSA) is 241 Å². The molecular weight excluding hydrogens is 665 g/mol. The summed E-state index contributed by atoms with van der Waals surface area (Å²) in [5.41, 5.74) is -0.922. The second kappa shape index (κ2) is 11.8. The molecule has 236 valence electrons. The predicted octanol–water partition coefficient (Wildman–Crippen LogP) is 2.93. The van der Waals surface area contributed by atoms with E-state index in [1.807, 2.05) is 0 Å². The summed E-state index contributed by atoms with van der Waals surface area (Å²) in [5.74, 6) is 3.39. The molecule has 0 amide bonds. The van der Waals surface area contributed by atoms with E-state index in [0.717, 1.165) is 24.3 Å². The van der Waals surface area contributed by atoms with E-state index in [2.05, 4.69) is 9.60 Å². The van der Waals surface area contributed by atoms with Gasteiger partial charge >= 0.3 is 10.1 Å². The summed E-state index contributed by atoms with van der Waals surface area (Å²) in [7, 11) is -14.4. The highest BCUT2D eigenvalue weighted by Gasteiger charge is 2.33. The number of carbonyl (C=O) groups excluding carboxylic acids is 3. The van der Waals surface area contributed by atoms with Gasteiger partial charge in [0.25, 0.3) is 20.2 Å². The van der Waals surface area contributed by atoms with Crippen molar-refractivity contribution in [2.24, 2.45) is 5.90 Å². The predicted molar refractivity (Wildman–Crippen MR) is 161 cm³/mol. The molecule has 0 aromatic heterocycles. The first-order valence-electron chi connectivity index (χ1n) is 12.7. The standard InChI is InChI=1S/C29H20N2O12S3/c30-43-46(41,42)25-14-18(45(38,39)40)11-12-23(25)31-24-10-4-9-21-26(19-7-1-2-8-20(19)29(34)27(21)24)22(15-32)28(33)16-5-3-6-17(13-16)44(35,36)37/h1-15,31H,30H2,(H,35,36,37)(H,38,39,40)/b26-22+. The van der Waals surface area contributed by atoms with Crippen molar-refractivity contribution in [1.82, 2.24) is 0 Å². The molecule has 0 bridgehead atoms. The van der Waals surface area contributed by atoms with Gasteiger partial charge in [0.05, 0.1) is 32.3 Å². The molecule has 0 fully saturated rings. The van der Waals surface area contributed by atoms with Crippen LogP contribution in [-0.4, -0.2) is 52.2 Å². The van der Waals surface area contributed by atoms with E-state index in [9.17, 15) is 48.7 Å². The first-order chi connectivity index (χ1) is 21.6. The van der Waals surface area contributed by atoms with Crippen molar-refractivity contribution in [3.05, 3.63) is 118 Å². The van der Waals surface area contributed by atoms with Crippen LogP contribution in [0.15, 0.2) is 105 Å². The van der Waals surface area contributed by atoms with Crippen LogP contribution >= 0.6 is 0 Å². The highest BCUT2D eigenvalue weighted by Crippen LogP contribution is 2.42. The van der Waals surface area contributed by atoms with Crippen LogP contribution in [-0.2, 0) is 39.4 Å². The molecule has 0 saturated heterocycles. The first kappa shape index (κ1) is 32.5. The minimum atomic E-state index is -4.86. The number of anilines is 2. The Balaban J connectivity index is 1.76. The zero-order valence-electron chi connectivity index (χ0n) is 22.9. The molecule has 5 rings (SSSR count). The fourth-order valence-corrected chi connectivity index (χ4v) is 6.80. The van der Waals surface area contributed by atoms with Crippen molar-refractivity contribution in [3.63, 3.8) is 0 Å². The summed E-state index contributed by atoms with van der Waals surface area (Å²) in [6, 6.07) is 17.1. The maximum Gasteiger partial charge on any atom is 0.314 e. The highest BCUT2D eigenvalue weighted by atomic mass is 32.2. The van der Waals surface area contributed by atoms with E-state index in [0.29, 0.717) is 6.07 Å². The number of fused-ring (bicyclic) bond motifs is 2. The number of hydrogen-bond donors (Lipinski definition) is 4. The number of ketones is 2. The molecule has 0 radical (unpaired) electrons. The van der Waals surface area contributed by atoms with E-state index in [1.54, 1.807) is 6.07 Å². The molecule has 1 aliphatic carbocycles. The molecule has 0 unspecified atom stereocenters. The van der Waals surface area contributed by atoms with Crippen LogP contribution in [0, 0.1) is 0 Å². The minimum absolute atomic E-state index is 0.00836. The van der Waals surface area contributed by atoms with Crippen LogP contribution in [0.4, 0.5) is 11.4 Å². The third-order valence-corrected chi connectivity index (χ3v) is 9.77. The van der Waals surface area contributed by atoms with Crippen molar-refractivity contribution >= 4 is 65.2 Å². The quantitative estimate of drug-likeness (QED) is 0.0332. The molecule has 0 aliphatic heterocycles. The fraction of sp³-hybridized carbons (Fsp3) is 0. The van der Waals surface area contributed by atoms with Crippen LogP contribution in [0.2, 0.25) is 0 Å². The Hall–Kier alpha value is -4.88. The van der Waals surface area contributed by atoms with Gasteiger partial charge in [0.1, 0.15) is 4.90 Å². The SMILES string of the molecule is NOS(=O)(=O)c1cc(S(=O)(=O)O)ccc1Nc1cccc2c1C(=O)c1ccccc1/C2=C(/C=O)C(=O)c1cccc(S(=O)(=O)O)c1. The van der Waals surface area contributed by atoms with E-state index < -0.39 is 62.2 Å². The number of aldehydes is 1.